The van der Waals surface area contributed by atoms with E-state index in [9.17, 15) is 4.79 Å². The molecule has 0 spiro atoms. The second-order valence-corrected chi connectivity index (χ2v) is 4.17. The van der Waals surface area contributed by atoms with Crippen molar-refractivity contribution in [2.45, 2.75) is 40.8 Å². The van der Waals surface area contributed by atoms with E-state index in [-0.39, 0.29) is 12.5 Å². The molecule has 0 fully saturated rings. The Hall–Kier alpha value is -2.40. The number of aromatic nitrogens is 1. The first-order chi connectivity index (χ1) is 11.7. The number of ether oxygens (including phenoxy) is 1. The van der Waals surface area contributed by atoms with E-state index in [2.05, 4.69) is 10.3 Å². The fourth-order valence-electron chi connectivity index (χ4n) is 1.83. The normalized spacial score (nSPS) is 10.5. The lowest BCUT2D eigenvalue weighted by molar-refractivity contribution is 0.0965. The molecule has 1 aliphatic heterocycles. The van der Waals surface area contributed by atoms with Crippen LogP contribution < -0.4 is 10.1 Å². The van der Waals surface area contributed by atoms with Gasteiger partial charge in [-0.1, -0.05) is 52.0 Å². The second kappa shape index (κ2) is 13.1. The van der Waals surface area contributed by atoms with E-state index >= 15 is 0 Å². The number of carbonyl (C=O) groups excluding carboxylic acids is 1. The number of hydrogen-bond donors (Lipinski definition) is 2. The van der Waals surface area contributed by atoms with Crippen LogP contribution in [0.5, 0.6) is 5.88 Å². The first-order valence-corrected chi connectivity index (χ1v) is 8.21. The summed E-state index contributed by atoms with van der Waals surface area (Å²) in [5.41, 5.74) is 2.55. The van der Waals surface area contributed by atoms with E-state index in [1.165, 1.54) is 0 Å². The van der Waals surface area contributed by atoms with Crippen molar-refractivity contribution in [2.24, 2.45) is 0 Å². The minimum atomic E-state index is -0.0444. The van der Waals surface area contributed by atoms with Gasteiger partial charge in [0, 0.05) is 18.2 Å². The highest BCUT2D eigenvalue weighted by molar-refractivity contribution is 5.98. The standard InChI is InChI=1S/C8H7NO.C7H9NO2.2C2H6/c10-8-7-4-2-1-3-6(7)5-9-8;1-10-7-4-2-3-6(5-9)8-7;2*1-2/h1-4H,5H2,(H,9,10);2-4,9H,5H2,1H3;2*1-2H3. The van der Waals surface area contributed by atoms with E-state index in [4.69, 9.17) is 9.84 Å². The molecule has 132 valence electrons. The molecule has 0 aliphatic carbocycles. The van der Waals surface area contributed by atoms with Crippen molar-refractivity contribution in [3.8, 4) is 5.88 Å². The predicted molar refractivity (Wildman–Crippen MR) is 97.0 cm³/mol. The van der Waals surface area contributed by atoms with Gasteiger partial charge < -0.3 is 15.2 Å². The lowest BCUT2D eigenvalue weighted by Crippen LogP contribution is -2.12. The maximum atomic E-state index is 11.0. The van der Waals surface area contributed by atoms with Gasteiger partial charge in [0.05, 0.1) is 19.4 Å². The number of aliphatic hydroxyl groups is 1. The smallest absolute Gasteiger partial charge is 0.251 e. The molecule has 1 amide bonds. The van der Waals surface area contributed by atoms with Crippen molar-refractivity contribution in [1.29, 1.82) is 0 Å². The average Bonchev–Trinajstić information content (AvgIpc) is 3.07. The number of nitrogens with zero attached hydrogens (tertiary/aromatic N) is 1. The Morgan fingerprint density at radius 3 is 2.33 bits per heavy atom. The zero-order chi connectivity index (χ0) is 18.4. The van der Waals surface area contributed by atoms with Gasteiger partial charge in [0.15, 0.2) is 0 Å². The van der Waals surface area contributed by atoms with Crippen molar-refractivity contribution in [3.63, 3.8) is 0 Å². The number of pyridine rings is 1. The summed E-state index contributed by atoms with van der Waals surface area (Å²) < 4.78 is 4.83. The molecule has 0 saturated heterocycles. The highest BCUT2D eigenvalue weighted by Crippen LogP contribution is 2.13. The number of aliphatic hydroxyl groups excluding tert-OH is 1. The molecule has 1 aromatic carbocycles. The van der Waals surface area contributed by atoms with Crippen LogP contribution in [0.4, 0.5) is 0 Å². The van der Waals surface area contributed by atoms with Crippen molar-refractivity contribution >= 4 is 5.91 Å². The largest absolute Gasteiger partial charge is 0.481 e. The van der Waals surface area contributed by atoms with Crippen LogP contribution in [0.3, 0.4) is 0 Å². The Balaban J connectivity index is 0.000000366. The third-order valence-electron chi connectivity index (χ3n) is 2.85. The fraction of sp³-hybridized carbons (Fsp3) is 0.368. The quantitative estimate of drug-likeness (QED) is 0.882. The molecule has 24 heavy (non-hydrogen) atoms. The van der Waals surface area contributed by atoms with E-state index in [1.54, 1.807) is 25.3 Å². The summed E-state index contributed by atoms with van der Waals surface area (Å²) in [4.78, 5) is 14.9. The van der Waals surface area contributed by atoms with Crippen LogP contribution >= 0.6 is 0 Å². The molecule has 1 aliphatic rings. The Morgan fingerprint density at radius 1 is 1.08 bits per heavy atom. The van der Waals surface area contributed by atoms with Crippen molar-refractivity contribution in [3.05, 3.63) is 59.3 Å². The van der Waals surface area contributed by atoms with Crippen LogP contribution in [0.15, 0.2) is 42.5 Å². The van der Waals surface area contributed by atoms with Gasteiger partial charge in [-0.15, -0.1) is 0 Å². The van der Waals surface area contributed by atoms with E-state index in [1.807, 2.05) is 52.0 Å². The van der Waals surface area contributed by atoms with Crippen LogP contribution in [-0.4, -0.2) is 23.1 Å². The molecule has 0 atom stereocenters. The molecule has 2 aromatic rings. The fourth-order valence-corrected chi connectivity index (χ4v) is 1.83. The third-order valence-corrected chi connectivity index (χ3v) is 2.85. The molecular weight excluding hydrogens is 304 g/mol. The molecule has 2 N–H and O–H groups in total. The Labute approximate surface area is 144 Å². The van der Waals surface area contributed by atoms with Crippen LogP contribution in [0.1, 0.15) is 49.3 Å². The zero-order valence-electron chi connectivity index (χ0n) is 15.2. The summed E-state index contributed by atoms with van der Waals surface area (Å²) in [5, 5.41) is 11.4. The summed E-state index contributed by atoms with van der Waals surface area (Å²) >= 11 is 0. The zero-order valence-corrected chi connectivity index (χ0v) is 15.2. The molecule has 5 heteroatoms. The average molecular weight is 332 g/mol. The number of fused-ring (bicyclic) bond motifs is 1. The number of methoxy groups -OCH3 is 1. The van der Waals surface area contributed by atoms with Crippen molar-refractivity contribution in [2.75, 3.05) is 7.11 Å². The first-order valence-electron chi connectivity index (χ1n) is 8.21. The maximum absolute atomic E-state index is 11.0. The number of amides is 1. The molecule has 0 saturated carbocycles. The Bertz CT molecular complexity index is 581. The minimum Gasteiger partial charge on any atom is -0.481 e. The Morgan fingerprint density at radius 2 is 1.75 bits per heavy atom. The minimum absolute atomic E-state index is 0.0444. The lowest BCUT2D eigenvalue weighted by Gasteiger charge is -1.98. The number of benzene rings is 1. The molecule has 0 radical (unpaired) electrons. The van der Waals surface area contributed by atoms with Gasteiger partial charge in [-0.25, -0.2) is 4.98 Å². The highest BCUT2D eigenvalue weighted by atomic mass is 16.5. The van der Waals surface area contributed by atoms with Crippen LogP contribution in [0, 0.1) is 0 Å². The number of rotatable bonds is 2. The van der Waals surface area contributed by atoms with Gasteiger partial charge in [0.2, 0.25) is 5.88 Å². The first kappa shape index (κ1) is 21.6. The molecule has 5 nitrogen and oxygen atoms in total. The molecule has 0 unspecified atom stereocenters. The van der Waals surface area contributed by atoms with E-state index in [0.717, 1.165) is 11.1 Å². The van der Waals surface area contributed by atoms with Gasteiger partial charge in [-0.05, 0) is 17.7 Å². The van der Waals surface area contributed by atoms with Crippen LogP contribution in [-0.2, 0) is 13.2 Å². The van der Waals surface area contributed by atoms with Gasteiger partial charge in [-0.3, -0.25) is 4.79 Å². The highest BCUT2D eigenvalue weighted by Gasteiger charge is 2.16. The summed E-state index contributed by atoms with van der Waals surface area (Å²) in [7, 11) is 1.55. The molecule has 2 heterocycles. The summed E-state index contributed by atoms with van der Waals surface area (Å²) in [6, 6.07) is 12.9. The summed E-state index contributed by atoms with van der Waals surface area (Å²) in [5.74, 6) is 0.585. The predicted octanol–water partition coefficient (Wildman–Crippen LogP) is 3.56. The summed E-state index contributed by atoms with van der Waals surface area (Å²) in [6.07, 6.45) is 0. The van der Waals surface area contributed by atoms with Crippen molar-refractivity contribution < 1.29 is 14.6 Å². The maximum Gasteiger partial charge on any atom is 0.251 e. The molecule has 0 bridgehead atoms. The number of nitrogens with one attached hydrogen (secondary N) is 1. The second-order valence-electron chi connectivity index (χ2n) is 4.17. The van der Waals surface area contributed by atoms with Gasteiger partial charge in [-0.2, -0.15) is 0 Å². The molecule has 1 aromatic heterocycles. The van der Waals surface area contributed by atoms with E-state index in [0.29, 0.717) is 18.1 Å². The van der Waals surface area contributed by atoms with Gasteiger partial charge in [0.1, 0.15) is 0 Å². The van der Waals surface area contributed by atoms with Gasteiger partial charge >= 0.3 is 0 Å². The monoisotopic (exact) mass is 332 g/mol. The number of carbonyl (C=O) groups is 1. The SMILES string of the molecule is CC.CC.COc1cccc(CO)n1.O=C1NCc2ccccc21. The number of hydrogen-bond acceptors (Lipinski definition) is 4. The Kier molecular flexibility index (Phi) is 11.8. The van der Waals surface area contributed by atoms with Crippen molar-refractivity contribution in [1.82, 2.24) is 10.3 Å². The lowest BCUT2D eigenvalue weighted by atomic mass is 10.1. The summed E-state index contributed by atoms with van der Waals surface area (Å²) in [6.45, 7) is 8.65. The van der Waals surface area contributed by atoms with Crippen LogP contribution in [0.2, 0.25) is 0 Å². The topological polar surface area (TPSA) is 71.5 Å². The third kappa shape index (κ3) is 6.79. The van der Waals surface area contributed by atoms with Crippen LogP contribution in [0.25, 0.3) is 0 Å². The van der Waals surface area contributed by atoms with Gasteiger partial charge in [0.25, 0.3) is 5.91 Å². The molecular formula is C19H28N2O3. The molecule has 3 rings (SSSR count). The van der Waals surface area contributed by atoms with E-state index < -0.39 is 0 Å².